The lowest BCUT2D eigenvalue weighted by atomic mass is 9.87. The van der Waals surface area contributed by atoms with Crippen LogP contribution >= 0.6 is 11.8 Å². The molecule has 150 valence electrons. The maximum atomic E-state index is 11.0. The van der Waals surface area contributed by atoms with Crippen molar-refractivity contribution in [2.75, 3.05) is 5.75 Å². The zero-order chi connectivity index (χ0) is 20.1. The van der Waals surface area contributed by atoms with E-state index in [1.54, 1.807) is 10.9 Å². The highest BCUT2D eigenvalue weighted by Gasteiger charge is 2.24. The van der Waals surface area contributed by atoms with Crippen molar-refractivity contribution in [3.63, 3.8) is 0 Å². The molecular weight excluding hydrogens is 372 g/mol. The van der Waals surface area contributed by atoms with Crippen LogP contribution in [-0.4, -0.2) is 37.9 Å². The Morgan fingerprint density at radius 2 is 1.89 bits per heavy atom. The van der Waals surface area contributed by atoms with Gasteiger partial charge in [-0.3, -0.25) is 4.79 Å². The average Bonchev–Trinajstić information content (AvgIpc) is 3.08. The zero-order valence-corrected chi connectivity index (χ0v) is 17.6. The minimum Gasteiger partial charge on any atom is -0.481 e. The van der Waals surface area contributed by atoms with Crippen LogP contribution < -0.4 is 0 Å². The first-order valence-corrected chi connectivity index (χ1v) is 10.8. The van der Waals surface area contributed by atoms with Gasteiger partial charge in [0.2, 0.25) is 5.16 Å². The van der Waals surface area contributed by atoms with Gasteiger partial charge in [0.15, 0.2) is 5.82 Å². The molecular formula is C21H28N4O2S. The summed E-state index contributed by atoms with van der Waals surface area (Å²) in [5, 5.41) is 22.8. The predicted octanol–water partition coefficient (Wildman–Crippen LogP) is 4.68. The third-order valence-corrected chi connectivity index (χ3v) is 5.93. The summed E-state index contributed by atoms with van der Waals surface area (Å²) >= 11 is 1.16. The number of carboxylic acid groups (broad SMARTS) is 1. The van der Waals surface area contributed by atoms with Crippen LogP contribution in [-0.2, 0) is 10.2 Å². The quantitative estimate of drug-likeness (QED) is 0.562. The van der Waals surface area contributed by atoms with Gasteiger partial charge in [0.25, 0.3) is 0 Å². The van der Waals surface area contributed by atoms with Crippen LogP contribution in [0.1, 0.15) is 75.7 Å². The first-order valence-electron chi connectivity index (χ1n) is 9.79. The van der Waals surface area contributed by atoms with Crippen molar-refractivity contribution >= 4 is 23.9 Å². The molecule has 0 radical (unpaired) electrons. The van der Waals surface area contributed by atoms with Crippen molar-refractivity contribution in [1.82, 2.24) is 14.9 Å². The van der Waals surface area contributed by atoms with Crippen molar-refractivity contribution in [2.45, 2.75) is 69.4 Å². The van der Waals surface area contributed by atoms with Crippen LogP contribution in [0.5, 0.6) is 0 Å². The van der Waals surface area contributed by atoms with Crippen LogP contribution in [0.25, 0.3) is 0 Å². The third kappa shape index (κ3) is 5.22. The number of carboxylic acids is 1. The topological polar surface area (TPSA) is 80.4 Å². The first-order chi connectivity index (χ1) is 13.3. The Bertz CT molecular complexity index is 831. The average molecular weight is 401 g/mol. The molecule has 2 aromatic rings. The second-order valence-corrected chi connectivity index (χ2v) is 9.23. The highest BCUT2D eigenvalue weighted by Crippen LogP contribution is 2.33. The lowest BCUT2D eigenvalue weighted by Gasteiger charge is -2.20. The highest BCUT2D eigenvalue weighted by molar-refractivity contribution is 7.99. The van der Waals surface area contributed by atoms with Crippen molar-refractivity contribution < 1.29 is 9.90 Å². The molecule has 1 aromatic carbocycles. The van der Waals surface area contributed by atoms with Gasteiger partial charge < -0.3 is 5.11 Å². The van der Waals surface area contributed by atoms with Crippen molar-refractivity contribution in [3.8, 4) is 0 Å². The number of aliphatic carboxylic acids is 1. The summed E-state index contributed by atoms with van der Waals surface area (Å²) < 4.78 is 1.74. The van der Waals surface area contributed by atoms with E-state index in [1.165, 1.54) is 24.8 Å². The van der Waals surface area contributed by atoms with E-state index in [4.69, 9.17) is 5.11 Å². The van der Waals surface area contributed by atoms with Gasteiger partial charge in [-0.1, -0.05) is 76.1 Å². The van der Waals surface area contributed by atoms with Crippen molar-refractivity contribution in [2.24, 2.45) is 5.10 Å². The molecule has 28 heavy (non-hydrogen) atoms. The second kappa shape index (κ2) is 8.90. The van der Waals surface area contributed by atoms with E-state index in [0.29, 0.717) is 11.1 Å². The molecule has 0 saturated heterocycles. The lowest BCUT2D eigenvalue weighted by molar-refractivity contribution is -0.133. The zero-order valence-electron chi connectivity index (χ0n) is 16.8. The fourth-order valence-corrected chi connectivity index (χ4v) is 4.02. The monoisotopic (exact) mass is 400 g/mol. The minimum absolute atomic E-state index is 0.0569. The normalized spacial score (nSPS) is 16.0. The lowest BCUT2D eigenvalue weighted by Crippen LogP contribution is -2.11. The van der Waals surface area contributed by atoms with Crippen LogP contribution in [0.2, 0.25) is 0 Å². The molecule has 0 spiro atoms. The molecule has 0 atom stereocenters. The Morgan fingerprint density at radius 1 is 1.21 bits per heavy atom. The van der Waals surface area contributed by atoms with Crippen LogP contribution in [0.15, 0.2) is 34.5 Å². The summed E-state index contributed by atoms with van der Waals surface area (Å²) in [4.78, 5) is 11.0. The van der Waals surface area contributed by atoms with Gasteiger partial charge in [0, 0.05) is 5.92 Å². The van der Waals surface area contributed by atoms with E-state index in [2.05, 4.69) is 60.3 Å². The van der Waals surface area contributed by atoms with Gasteiger partial charge in [-0.25, -0.2) is 0 Å². The Kier molecular flexibility index (Phi) is 6.54. The molecule has 6 nitrogen and oxygen atoms in total. The molecule has 1 saturated carbocycles. The van der Waals surface area contributed by atoms with E-state index in [9.17, 15) is 4.79 Å². The van der Waals surface area contributed by atoms with Crippen LogP contribution in [0.3, 0.4) is 0 Å². The fourth-order valence-electron chi connectivity index (χ4n) is 3.41. The molecule has 1 N–H and O–H groups in total. The van der Waals surface area contributed by atoms with Gasteiger partial charge in [-0.05, 0) is 29.4 Å². The molecule has 1 heterocycles. The molecule has 1 fully saturated rings. The van der Waals surface area contributed by atoms with Crippen molar-refractivity contribution in [1.29, 1.82) is 0 Å². The highest BCUT2D eigenvalue weighted by atomic mass is 32.2. The van der Waals surface area contributed by atoms with Gasteiger partial charge in [0.1, 0.15) is 0 Å². The molecule has 0 unspecified atom stereocenters. The number of rotatable bonds is 6. The second-order valence-electron chi connectivity index (χ2n) is 8.29. The van der Waals surface area contributed by atoms with E-state index in [1.807, 2.05) is 0 Å². The summed E-state index contributed by atoms with van der Waals surface area (Å²) in [7, 11) is 0. The number of benzene rings is 1. The minimum atomic E-state index is -0.875. The molecule has 3 rings (SSSR count). The van der Waals surface area contributed by atoms with Crippen molar-refractivity contribution in [3.05, 3.63) is 41.2 Å². The standard InChI is InChI=1S/C21H28N4O2S/c1-21(2,3)17-11-9-15(10-12-17)13-22-25-19(16-7-5-4-6-8-16)23-24-20(25)28-14-18(26)27/h9-13,16H,4-8,14H2,1-3H3,(H,26,27)/b22-13-. The summed E-state index contributed by atoms with van der Waals surface area (Å²) in [5.74, 6) is 0.245. The Hall–Kier alpha value is -2.15. The molecule has 0 amide bonds. The van der Waals surface area contributed by atoms with E-state index in [0.717, 1.165) is 36.0 Å². The van der Waals surface area contributed by atoms with E-state index in [-0.39, 0.29) is 11.2 Å². The largest absolute Gasteiger partial charge is 0.481 e. The Balaban J connectivity index is 1.86. The third-order valence-electron chi connectivity index (χ3n) is 5.03. The number of hydrogen-bond acceptors (Lipinski definition) is 5. The summed E-state index contributed by atoms with van der Waals surface area (Å²) in [6, 6.07) is 8.35. The maximum Gasteiger partial charge on any atom is 0.313 e. The van der Waals surface area contributed by atoms with E-state index < -0.39 is 5.97 Å². The van der Waals surface area contributed by atoms with Crippen LogP contribution in [0, 0.1) is 0 Å². The maximum absolute atomic E-state index is 11.0. The smallest absolute Gasteiger partial charge is 0.313 e. The van der Waals surface area contributed by atoms with Gasteiger partial charge >= 0.3 is 5.97 Å². The van der Waals surface area contributed by atoms with Gasteiger partial charge in [-0.15, -0.1) is 10.2 Å². The first kappa shape index (κ1) is 20.6. The fraction of sp³-hybridized carbons (Fsp3) is 0.524. The molecule has 7 heteroatoms. The molecule has 1 aliphatic carbocycles. The molecule has 1 aliphatic rings. The Morgan fingerprint density at radius 3 is 2.50 bits per heavy atom. The summed E-state index contributed by atoms with van der Waals surface area (Å²) in [6.07, 6.45) is 7.59. The Labute approximate surface area is 170 Å². The van der Waals surface area contributed by atoms with Gasteiger partial charge in [-0.2, -0.15) is 9.78 Å². The van der Waals surface area contributed by atoms with Crippen LogP contribution in [0.4, 0.5) is 0 Å². The number of aromatic nitrogens is 3. The number of carbonyl (C=O) groups is 1. The van der Waals surface area contributed by atoms with E-state index >= 15 is 0 Å². The molecule has 0 aliphatic heterocycles. The molecule has 1 aromatic heterocycles. The summed E-state index contributed by atoms with van der Waals surface area (Å²) in [5.41, 5.74) is 2.37. The predicted molar refractivity (Wildman–Crippen MR) is 112 cm³/mol. The summed E-state index contributed by atoms with van der Waals surface area (Å²) in [6.45, 7) is 6.57. The number of thioether (sulfide) groups is 1. The SMILES string of the molecule is CC(C)(C)c1ccc(/C=N\n2c(SCC(=O)O)nnc2C2CCCCC2)cc1. The number of nitrogens with zero attached hydrogens (tertiary/aromatic N) is 4. The number of hydrogen-bond donors (Lipinski definition) is 1. The van der Waals surface area contributed by atoms with Gasteiger partial charge in [0.05, 0.1) is 12.0 Å². The molecule has 0 bridgehead atoms.